The van der Waals surface area contributed by atoms with Crippen LogP contribution in [0.4, 0.5) is 17.1 Å². The van der Waals surface area contributed by atoms with Gasteiger partial charge in [-0.2, -0.15) is 0 Å². The fourth-order valence-corrected chi connectivity index (χ4v) is 10.5. The summed E-state index contributed by atoms with van der Waals surface area (Å²) in [6.07, 6.45) is 1.57. The van der Waals surface area contributed by atoms with E-state index in [2.05, 4.69) is 219 Å². The van der Waals surface area contributed by atoms with E-state index in [1.54, 1.807) is 0 Å². The van der Waals surface area contributed by atoms with E-state index in [0.29, 0.717) is 0 Å². The van der Waals surface area contributed by atoms with E-state index >= 15 is 0 Å². The Balaban J connectivity index is 1.10. The van der Waals surface area contributed by atoms with Crippen molar-refractivity contribution in [3.05, 3.63) is 234 Å². The number of rotatable bonds is 4. The van der Waals surface area contributed by atoms with Gasteiger partial charge in [-0.15, -0.1) is 0 Å². The molecule has 0 N–H and O–H groups in total. The second kappa shape index (κ2) is 13.8. The number of hydrogen-bond donors (Lipinski definition) is 0. The van der Waals surface area contributed by atoms with Gasteiger partial charge in [-0.3, -0.25) is 0 Å². The van der Waals surface area contributed by atoms with Crippen LogP contribution in [0.15, 0.2) is 205 Å². The molecule has 0 bridgehead atoms. The molecule has 2 aliphatic rings. The van der Waals surface area contributed by atoms with Crippen LogP contribution in [0.25, 0.3) is 66.4 Å². The van der Waals surface area contributed by atoms with E-state index < -0.39 is 0 Å². The number of hydrogen-bond acceptors (Lipinski definition) is 2. The Morgan fingerprint density at radius 3 is 1.79 bits per heavy atom. The second-order valence-electron chi connectivity index (χ2n) is 17.2. The van der Waals surface area contributed by atoms with Crippen LogP contribution in [0, 0.1) is 0 Å². The topological polar surface area (TPSA) is 16.4 Å². The third kappa shape index (κ3) is 5.63. The van der Waals surface area contributed by atoms with Gasteiger partial charge < -0.3 is 9.32 Å². The first-order chi connectivity index (χ1) is 30.0. The molecule has 0 aliphatic heterocycles. The van der Waals surface area contributed by atoms with E-state index in [0.717, 1.165) is 46.2 Å². The molecule has 2 nitrogen and oxygen atoms in total. The normalized spacial score (nSPS) is 13.4. The molecule has 0 amide bonds. The molecule has 0 atom stereocenters. The van der Waals surface area contributed by atoms with Gasteiger partial charge in [0.25, 0.3) is 0 Å². The summed E-state index contributed by atoms with van der Waals surface area (Å²) in [6.45, 7) is 4.78. The van der Waals surface area contributed by atoms with Crippen LogP contribution in [-0.4, -0.2) is 0 Å². The first-order valence-electron chi connectivity index (χ1n) is 21.4. The molecule has 2 aliphatic carbocycles. The van der Waals surface area contributed by atoms with Gasteiger partial charge >= 0.3 is 0 Å². The van der Waals surface area contributed by atoms with E-state index in [1.807, 2.05) is 0 Å². The summed E-state index contributed by atoms with van der Waals surface area (Å²) in [6, 6.07) is 73.9. The third-order valence-corrected chi connectivity index (χ3v) is 13.4. The summed E-state index contributed by atoms with van der Waals surface area (Å²) < 4.78 is 6.51. The molecular formula is C59H43NO. The van der Waals surface area contributed by atoms with Gasteiger partial charge in [0, 0.05) is 27.4 Å². The number of benzene rings is 9. The molecular weight excluding hydrogens is 739 g/mol. The third-order valence-electron chi connectivity index (χ3n) is 13.4. The van der Waals surface area contributed by atoms with Crippen LogP contribution in [0.1, 0.15) is 47.2 Å². The van der Waals surface area contributed by atoms with Gasteiger partial charge in [0.2, 0.25) is 0 Å². The fraction of sp³-hybridized carbons (Fsp3) is 0.0847. The summed E-state index contributed by atoms with van der Waals surface area (Å²) in [7, 11) is 0. The van der Waals surface area contributed by atoms with Crippen molar-refractivity contribution in [2.24, 2.45) is 0 Å². The minimum atomic E-state index is -0.211. The fourth-order valence-electron chi connectivity index (χ4n) is 10.5. The summed E-state index contributed by atoms with van der Waals surface area (Å²) in [5.41, 5.74) is 23.1. The molecule has 290 valence electrons. The average Bonchev–Trinajstić information content (AvgIpc) is 3.78. The number of para-hydroxylation sites is 2. The zero-order valence-corrected chi connectivity index (χ0v) is 34.3. The first kappa shape index (κ1) is 35.5. The zero-order valence-electron chi connectivity index (χ0n) is 34.3. The molecule has 0 saturated heterocycles. The Morgan fingerprint density at radius 2 is 0.984 bits per heavy atom. The molecule has 0 unspecified atom stereocenters. The molecule has 0 spiro atoms. The van der Waals surface area contributed by atoms with Crippen LogP contribution >= 0.6 is 0 Å². The van der Waals surface area contributed by atoms with E-state index in [9.17, 15) is 0 Å². The molecule has 10 aromatic rings. The monoisotopic (exact) mass is 781 g/mol. The van der Waals surface area contributed by atoms with E-state index in [1.165, 1.54) is 83.6 Å². The van der Waals surface area contributed by atoms with Crippen molar-refractivity contribution in [3.8, 4) is 44.5 Å². The van der Waals surface area contributed by atoms with Gasteiger partial charge in [-0.05, 0) is 128 Å². The first-order valence-corrected chi connectivity index (χ1v) is 21.4. The number of fused-ring (bicyclic) bond motifs is 12. The van der Waals surface area contributed by atoms with Gasteiger partial charge in [-0.1, -0.05) is 172 Å². The number of anilines is 3. The Hall–Kier alpha value is -7.42. The predicted molar refractivity (Wildman–Crippen MR) is 254 cm³/mol. The van der Waals surface area contributed by atoms with E-state index in [-0.39, 0.29) is 5.41 Å². The highest BCUT2D eigenvalue weighted by atomic mass is 16.3. The van der Waals surface area contributed by atoms with Crippen molar-refractivity contribution in [2.45, 2.75) is 32.1 Å². The largest absolute Gasteiger partial charge is 0.456 e. The highest BCUT2D eigenvalue weighted by Crippen LogP contribution is 2.55. The van der Waals surface area contributed by atoms with Crippen molar-refractivity contribution < 1.29 is 4.42 Å². The molecule has 12 rings (SSSR count). The van der Waals surface area contributed by atoms with Crippen LogP contribution in [0.3, 0.4) is 0 Å². The molecule has 1 aromatic heterocycles. The van der Waals surface area contributed by atoms with Crippen molar-refractivity contribution in [2.75, 3.05) is 4.90 Å². The lowest BCUT2D eigenvalue weighted by Gasteiger charge is -2.34. The van der Waals surface area contributed by atoms with Gasteiger partial charge in [-0.25, -0.2) is 0 Å². The van der Waals surface area contributed by atoms with Gasteiger partial charge in [0.1, 0.15) is 11.2 Å². The Bertz CT molecular complexity index is 3350. The SMILES string of the molecule is CC1(C)c2ccccc2-c2cccc(N(c3ccc4c(c3)-c3ccccc3Cc3cc5oc6ccccc6c5cc3-c3ccccc3C4)c3ccccc3-c3ccccc3)c21. The number of nitrogens with zero attached hydrogens (tertiary/aromatic N) is 1. The minimum Gasteiger partial charge on any atom is -0.456 e. The quantitative estimate of drug-likeness (QED) is 0.177. The van der Waals surface area contributed by atoms with Crippen molar-refractivity contribution in [1.82, 2.24) is 0 Å². The lowest BCUT2D eigenvalue weighted by atomic mass is 9.81. The number of furan rings is 1. The van der Waals surface area contributed by atoms with Crippen LogP contribution < -0.4 is 4.90 Å². The Kier molecular flexibility index (Phi) is 8.05. The maximum atomic E-state index is 6.51. The molecule has 61 heavy (non-hydrogen) atoms. The maximum absolute atomic E-state index is 6.51. The standard InChI is InChI=1S/C59H43NO/c1-59(2)53-27-13-10-24-47(53)49-26-16-29-55(58(49)59)60(54-28-14-11-23-46(54)38-17-4-3-5-18-38)43-32-31-41-33-39-19-6-9-22-45(39)51-37-52-48-25-12-15-30-56(48)61-57(52)35-42(51)34-40-20-7-8-21-44(40)50(41)36-43/h3-32,35-37H,33-34H2,1-2H3. The van der Waals surface area contributed by atoms with Crippen molar-refractivity contribution in [1.29, 1.82) is 0 Å². The predicted octanol–water partition coefficient (Wildman–Crippen LogP) is 15.9. The molecule has 0 fully saturated rings. The Labute approximate surface area is 357 Å². The van der Waals surface area contributed by atoms with Gasteiger partial charge in [0.05, 0.1) is 11.4 Å². The second-order valence-corrected chi connectivity index (χ2v) is 17.2. The molecule has 1 heterocycles. The molecule has 9 aromatic carbocycles. The zero-order chi connectivity index (χ0) is 40.7. The average molecular weight is 782 g/mol. The van der Waals surface area contributed by atoms with Gasteiger partial charge in [0.15, 0.2) is 0 Å². The smallest absolute Gasteiger partial charge is 0.135 e. The minimum absolute atomic E-state index is 0.211. The van der Waals surface area contributed by atoms with Crippen LogP contribution in [0.5, 0.6) is 0 Å². The van der Waals surface area contributed by atoms with Crippen molar-refractivity contribution in [3.63, 3.8) is 0 Å². The summed E-state index contributed by atoms with van der Waals surface area (Å²) in [5.74, 6) is 0. The Morgan fingerprint density at radius 1 is 0.393 bits per heavy atom. The lowest BCUT2D eigenvalue weighted by molar-refractivity contribution is 0.661. The maximum Gasteiger partial charge on any atom is 0.135 e. The molecule has 0 saturated carbocycles. The van der Waals surface area contributed by atoms with E-state index in [4.69, 9.17) is 4.42 Å². The highest BCUT2D eigenvalue weighted by Gasteiger charge is 2.39. The molecule has 0 radical (unpaired) electrons. The van der Waals surface area contributed by atoms with Crippen LogP contribution in [0.2, 0.25) is 0 Å². The summed E-state index contributed by atoms with van der Waals surface area (Å²) in [5, 5.41) is 2.32. The lowest BCUT2D eigenvalue weighted by Crippen LogP contribution is -2.21. The van der Waals surface area contributed by atoms with Crippen molar-refractivity contribution >= 4 is 39.0 Å². The molecule has 2 heteroatoms. The summed E-state index contributed by atoms with van der Waals surface area (Å²) >= 11 is 0. The highest BCUT2D eigenvalue weighted by molar-refractivity contribution is 6.07. The van der Waals surface area contributed by atoms with Crippen LogP contribution in [-0.2, 0) is 18.3 Å². The summed E-state index contributed by atoms with van der Waals surface area (Å²) in [4.78, 5) is 2.54.